The van der Waals surface area contributed by atoms with Gasteiger partial charge in [-0.05, 0) is 62.4 Å². The van der Waals surface area contributed by atoms with Gasteiger partial charge >= 0.3 is 5.69 Å². The van der Waals surface area contributed by atoms with Gasteiger partial charge in [0.2, 0.25) is 5.91 Å². The summed E-state index contributed by atoms with van der Waals surface area (Å²) in [7, 11) is 0. The number of fused-ring (bicyclic) bond motifs is 1. The molecule has 0 radical (unpaired) electrons. The van der Waals surface area contributed by atoms with Crippen molar-refractivity contribution in [3.63, 3.8) is 0 Å². The Morgan fingerprint density at radius 3 is 2.53 bits per heavy atom. The Hall–Kier alpha value is -4.04. The molecule has 43 heavy (non-hydrogen) atoms. The van der Waals surface area contributed by atoms with Gasteiger partial charge in [0.1, 0.15) is 5.82 Å². The Morgan fingerprint density at radius 2 is 1.86 bits per heavy atom. The number of benzene rings is 1. The number of rotatable bonds is 6. The number of nitrogens with zero attached hydrogens (tertiary/aromatic N) is 6. The number of carbonyl (C=O) groups excluding carboxylic acids is 1. The number of aryl methyl sites for hydroxylation is 2. The monoisotopic (exact) mass is 600 g/mol. The Bertz CT molecular complexity index is 1750. The molecule has 3 aromatic heterocycles. The van der Waals surface area contributed by atoms with Crippen LogP contribution in [0.4, 0.5) is 5.82 Å². The van der Waals surface area contributed by atoms with Crippen LogP contribution < -0.4 is 10.6 Å². The van der Waals surface area contributed by atoms with Crippen molar-refractivity contribution in [2.75, 3.05) is 18.0 Å². The van der Waals surface area contributed by atoms with Crippen LogP contribution in [-0.4, -0.2) is 55.5 Å². The fourth-order valence-electron chi connectivity index (χ4n) is 5.91. The summed E-state index contributed by atoms with van der Waals surface area (Å²) in [5.41, 5.74) is 5.06. The molecular formula is C34H41ClN6O2. The van der Waals surface area contributed by atoms with Gasteiger partial charge in [0.05, 0.1) is 27.5 Å². The number of aromatic nitrogens is 4. The molecule has 1 aromatic carbocycles. The van der Waals surface area contributed by atoms with Gasteiger partial charge in [-0.25, -0.2) is 14.3 Å². The lowest BCUT2D eigenvalue weighted by molar-refractivity contribution is -0.128. The predicted octanol–water partition coefficient (Wildman–Crippen LogP) is 6.74. The molecule has 4 heterocycles. The second kappa shape index (κ2) is 12.7. The van der Waals surface area contributed by atoms with Crippen LogP contribution in [0.3, 0.4) is 0 Å². The average molecular weight is 601 g/mol. The van der Waals surface area contributed by atoms with E-state index < -0.39 is 5.69 Å². The third-order valence-corrected chi connectivity index (χ3v) is 8.38. The Kier molecular flexibility index (Phi) is 9.40. The van der Waals surface area contributed by atoms with E-state index in [-0.39, 0.29) is 31.3 Å². The number of hydrogen-bond donors (Lipinski definition) is 0. The molecule has 0 aliphatic carbocycles. The number of amides is 1. The van der Waals surface area contributed by atoms with Crippen LogP contribution in [0.25, 0.3) is 28.0 Å². The molecule has 1 aliphatic heterocycles. The van der Waals surface area contributed by atoms with Gasteiger partial charge in [-0.1, -0.05) is 70.6 Å². The van der Waals surface area contributed by atoms with Crippen LogP contribution in [-0.2, 0) is 11.2 Å². The normalized spacial score (nSPS) is 16.8. The van der Waals surface area contributed by atoms with Gasteiger partial charge in [0.25, 0.3) is 0 Å². The summed E-state index contributed by atoms with van der Waals surface area (Å²) in [4.78, 5) is 45.0. The van der Waals surface area contributed by atoms with Crippen LogP contribution in [0, 0.1) is 6.92 Å². The van der Waals surface area contributed by atoms with Crippen molar-refractivity contribution in [2.45, 2.75) is 73.4 Å². The molecule has 2 atom stereocenters. The molecule has 1 saturated heterocycles. The zero-order valence-electron chi connectivity index (χ0n) is 25.1. The second-order valence-electron chi connectivity index (χ2n) is 11.3. The first-order chi connectivity index (χ1) is 20.1. The number of carbonyl (C=O) groups is 1. The van der Waals surface area contributed by atoms with E-state index in [0.29, 0.717) is 46.3 Å². The fourth-order valence-corrected chi connectivity index (χ4v) is 6.16. The highest BCUT2D eigenvalue weighted by Gasteiger charge is 2.34. The molecule has 0 bridgehead atoms. The SMILES string of the molecule is C.C=CC(=O)N1C[C@H](C)N(c2nc(=O)n(-c3c(C)ccnc3C(C)C)c3nc(-c4ccccc4CC)c(Cl)cc23)C[C@H]1C. The number of piperazine rings is 1. The van der Waals surface area contributed by atoms with Gasteiger partial charge in [0, 0.05) is 36.9 Å². The van der Waals surface area contributed by atoms with Crippen LogP contribution >= 0.6 is 11.6 Å². The maximum absolute atomic E-state index is 14.1. The molecule has 1 amide bonds. The molecule has 9 heteroatoms. The van der Waals surface area contributed by atoms with Crippen molar-refractivity contribution < 1.29 is 4.79 Å². The van der Waals surface area contributed by atoms with Crippen molar-refractivity contribution in [1.82, 2.24) is 24.4 Å². The van der Waals surface area contributed by atoms with Crippen LogP contribution in [0.15, 0.2) is 60.0 Å². The average Bonchev–Trinajstić information content (AvgIpc) is 2.97. The van der Waals surface area contributed by atoms with E-state index >= 15 is 0 Å². The van der Waals surface area contributed by atoms with E-state index in [1.54, 1.807) is 15.7 Å². The highest BCUT2D eigenvalue weighted by molar-refractivity contribution is 6.34. The minimum Gasteiger partial charge on any atom is -0.349 e. The molecule has 0 N–H and O–H groups in total. The third kappa shape index (κ3) is 5.68. The van der Waals surface area contributed by atoms with E-state index in [9.17, 15) is 9.59 Å². The first-order valence-electron chi connectivity index (χ1n) is 14.4. The molecule has 4 aromatic rings. The molecule has 1 aliphatic rings. The standard InChI is InChI=1S/C33H37ClN6O2.CH4/c1-8-23-12-10-11-13-24(23)29-26(34)16-25-31(39-18-21(6)38(17-22(39)7)27(41)9-2)37-33(42)40(32(25)36-29)30-20(5)14-15-35-28(30)19(3)4;/h9-16,19,21-22H,2,8,17-18H2,1,3-7H3;1H4/t21-,22+;/m1./s1. The first kappa shape index (κ1) is 31.9. The Morgan fingerprint density at radius 1 is 1.14 bits per heavy atom. The quantitative estimate of drug-likeness (QED) is 0.228. The predicted molar refractivity (Wildman–Crippen MR) is 176 cm³/mol. The third-order valence-electron chi connectivity index (χ3n) is 8.10. The van der Waals surface area contributed by atoms with Crippen molar-refractivity contribution in [3.05, 3.63) is 87.6 Å². The van der Waals surface area contributed by atoms with Gasteiger partial charge in [-0.15, -0.1) is 0 Å². The van der Waals surface area contributed by atoms with E-state index in [4.69, 9.17) is 16.6 Å². The molecule has 0 saturated carbocycles. The molecule has 1 fully saturated rings. The summed E-state index contributed by atoms with van der Waals surface area (Å²) < 4.78 is 1.59. The van der Waals surface area contributed by atoms with E-state index in [1.807, 2.05) is 51.1 Å². The molecule has 0 unspecified atom stereocenters. The largest absolute Gasteiger partial charge is 0.355 e. The molecule has 5 rings (SSSR count). The number of halogens is 1. The van der Waals surface area contributed by atoms with Gasteiger partial charge < -0.3 is 9.80 Å². The van der Waals surface area contributed by atoms with Crippen molar-refractivity contribution in [2.24, 2.45) is 0 Å². The topological polar surface area (TPSA) is 84.2 Å². The highest BCUT2D eigenvalue weighted by Crippen LogP contribution is 2.37. The summed E-state index contributed by atoms with van der Waals surface area (Å²) in [6, 6.07) is 11.6. The minimum absolute atomic E-state index is 0. The van der Waals surface area contributed by atoms with Gasteiger partial charge in [-0.3, -0.25) is 9.78 Å². The maximum Gasteiger partial charge on any atom is 0.355 e. The lowest BCUT2D eigenvalue weighted by atomic mass is 10.0. The van der Waals surface area contributed by atoms with Crippen molar-refractivity contribution in [1.29, 1.82) is 0 Å². The summed E-state index contributed by atoms with van der Waals surface area (Å²) in [5, 5.41) is 1.14. The smallest absolute Gasteiger partial charge is 0.349 e. The van der Waals surface area contributed by atoms with Gasteiger partial charge in [-0.2, -0.15) is 4.98 Å². The fraction of sp³-hybridized carbons (Fsp3) is 0.382. The number of hydrogen-bond acceptors (Lipinski definition) is 6. The molecule has 226 valence electrons. The zero-order valence-corrected chi connectivity index (χ0v) is 25.8. The summed E-state index contributed by atoms with van der Waals surface area (Å²) in [6.45, 7) is 16.8. The minimum atomic E-state index is -0.440. The molecule has 0 spiro atoms. The highest BCUT2D eigenvalue weighted by atomic mass is 35.5. The summed E-state index contributed by atoms with van der Waals surface area (Å²) in [5.74, 6) is 0.457. The van der Waals surface area contributed by atoms with Crippen LogP contribution in [0.5, 0.6) is 0 Å². The lowest BCUT2D eigenvalue weighted by Gasteiger charge is -2.44. The van der Waals surface area contributed by atoms with E-state index in [0.717, 1.165) is 28.8 Å². The summed E-state index contributed by atoms with van der Waals surface area (Å²) in [6.07, 6.45) is 3.92. The van der Waals surface area contributed by atoms with Crippen LogP contribution in [0.1, 0.15) is 64.8 Å². The van der Waals surface area contributed by atoms with Gasteiger partial charge in [0.15, 0.2) is 5.65 Å². The lowest BCUT2D eigenvalue weighted by Crippen LogP contribution is -2.58. The van der Waals surface area contributed by atoms with Crippen LogP contribution in [0.2, 0.25) is 5.02 Å². The van der Waals surface area contributed by atoms with E-state index in [2.05, 4.69) is 48.3 Å². The maximum atomic E-state index is 14.1. The van der Waals surface area contributed by atoms with Crippen molar-refractivity contribution in [3.8, 4) is 16.9 Å². The Labute approximate surface area is 259 Å². The first-order valence-corrected chi connectivity index (χ1v) is 14.8. The van der Waals surface area contributed by atoms with E-state index in [1.165, 1.54) is 6.08 Å². The zero-order chi connectivity index (χ0) is 30.3. The second-order valence-corrected chi connectivity index (χ2v) is 11.7. The molecular weight excluding hydrogens is 560 g/mol. The Balaban J connectivity index is 0.00000423. The summed E-state index contributed by atoms with van der Waals surface area (Å²) >= 11 is 7.00. The number of anilines is 1. The molecule has 8 nitrogen and oxygen atoms in total. The van der Waals surface area contributed by atoms with Crippen molar-refractivity contribution >= 4 is 34.4 Å². The number of pyridine rings is 2.